The van der Waals surface area contributed by atoms with Crippen LogP contribution in [0.5, 0.6) is 0 Å². The van der Waals surface area contributed by atoms with E-state index in [0.29, 0.717) is 19.3 Å². The molecule has 2 rings (SSSR count). The van der Waals surface area contributed by atoms with Gasteiger partial charge in [-0.1, -0.05) is 36.9 Å². The fraction of sp³-hybridized carbons (Fsp3) is 0.632. The SMILES string of the molecule is CC1CC=CC=C1C(=O)S[C@@H]1CC(NC(=O)OC(C)(C)C)CCC1=O. The third-order valence-electron chi connectivity index (χ3n) is 4.24. The lowest BCUT2D eigenvalue weighted by atomic mass is 9.94. The number of amides is 1. The van der Waals surface area contributed by atoms with E-state index in [0.717, 1.165) is 23.8 Å². The molecule has 0 aromatic heterocycles. The van der Waals surface area contributed by atoms with Crippen LogP contribution in [0.15, 0.2) is 23.8 Å². The van der Waals surface area contributed by atoms with Gasteiger partial charge < -0.3 is 10.1 Å². The normalized spacial score (nSPS) is 26.8. The maximum absolute atomic E-state index is 12.5. The molecular formula is C19H27NO4S. The van der Waals surface area contributed by atoms with Gasteiger partial charge in [-0.15, -0.1) is 0 Å². The third kappa shape index (κ3) is 6.03. The monoisotopic (exact) mass is 365 g/mol. The number of thioether (sulfide) groups is 1. The van der Waals surface area contributed by atoms with Crippen LogP contribution in [0.4, 0.5) is 4.79 Å². The summed E-state index contributed by atoms with van der Waals surface area (Å²) in [4.78, 5) is 36.7. The van der Waals surface area contributed by atoms with E-state index in [4.69, 9.17) is 4.74 Å². The zero-order chi connectivity index (χ0) is 18.6. The van der Waals surface area contributed by atoms with E-state index in [-0.39, 0.29) is 22.9 Å². The first-order valence-electron chi connectivity index (χ1n) is 8.75. The first-order chi connectivity index (χ1) is 11.7. The fourth-order valence-electron chi connectivity index (χ4n) is 2.92. The van der Waals surface area contributed by atoms with E-state index in [2.05, 4.69) is 5.32 Å². The quantitative estimate of drug-likeness (QED) is 0.824. The second-order valence-corrected chi connectivity index (χ2v) is 8.84. The van der Waals surface area contributed by atoms with E-state index in [1.165, 1.54) is 0 Å². The number of Topliss-reactive ketones (excluding diaryl/α,β-unsaturated/α-hetero) is 1. The summed E-state index contributed by atoms with van der Waals surface area (Å²) in [5, 5.41) is 2.39. The lowest BCUT2D eigenvalue weighted by molar-refractivity contribution is -0.120. The van der Waals surface area contributed by atoms with Crippen molar-refractivity contribution in [2.75, 3.05) is 0 Å². The van der Waals surface area contributed by atoms with E-state index in [1.807, 2.05) is 45.9 Å². The molecule has 1 N–H and O–H groups in total. The molecule has 0 heterocycles. The Hall–Kier alpha value is -1.56. The Labute approximate surface area is 153 Å². The van der Waals surface area contributed by atoms with Crippen LogP contribution < -0.4 is 5.32 Å². The summed E-state index contributed by atoms with van der Waals surface area (Å²) < 4.78 is 5.27. The summed E-state index contributed by atoms with van der Waals surface area (Å²) in [6.07, 6.45) is 7.57. The molecular weight excluding hydrogens is 338 g/mol. The lowest BCUT2D eigenvalue weighted by Gasteiger charge is -2.29. The Balaban J connectivity index is 1.93. The maximum Gasteiger partial charge on any atom is 0.407 e. The number of ketones is 1. The van der Waals surface area contributed by atoms with Crippen molar-refractivity contribution < 1.29 is 19.1 Å². The highest BCUT2D eigenvalue weighted by Gasteiger charge is 2.33. The summed E-state index contributed by atoms with van der Waals surface area (Å²) in [5.41, 5.74) is 0.207. The van der Waals surface area contributed by atoms with Crippen LogP contribution in [0.25, 0.3) is 0 Å². The average Bonchev–Trinajstić information content (AvgIpc) is 2.49. The second-order valence-electron chi connectivity index (χ2n) is 7.66. The minimum Gasteiger partial charge on any atom is -0.444 e. The minimum absolute atomic E-state index is 0.0341. The summed E-state index contributed by atoms with van der Waals surface area (Å²) in [7, 11) is 0. The molecule has 0 spiro atoms. The Morgan fingerprint density at radius 3 is 2.68 bits per heavy atom. The van der Waals surface area contributed by atoms with Crippen LogP contribution >= 0.6 is 11.8 Å². The van der Waals surface area contributed by atoms with Crippen LogP contribution in [-0.2, 0) is 14.3 Å². The van der Waals surface area contributed by atoms with Gasteiger partial charge in [-0.2, -0.15) is 0 Å². The largest absolute Gasteiger partial charge is 0.444 e. The number of carbonyl (C=O) groups is 3. The van der Waals surface area contributed by atoms with Crippen LogP contribution in [0, 0.1) is 5.92 Å². The first kappa shape index (κ1) is 19.8. The van der Waals surface area contributed by atoms with Crippen LogP contribution in [-0.4, -0.2) is 33.9 Å². The molecule has 3 atom stereocenters. The molecule has 0 bridgehead atoms. The second kappa shape index (κ2) is 8.21. The highest BCUT2D eigenvalue weighted by Crippen LogP contribution is 2.32. The predicted octanol–water partition coefficient (Wildman–Crippen LogP) is 3.78. The molecule has 1 saturated carbocycles. The smallest absolute Gasteiger partial charge is 0.407 e. The molecule has 5 nitrogen and oxygen atoms in total. The molecule has 138 valence electrons. The highest BCUT2D eigenvalue weighted by atomic mass is 32.2. The minimum atomic E-state index is -0.560. The molecule has 0 aromatic carbocycles. The topological polar surface area (TPSA) is 72.5 Å². The van der Waals surface area contributed by atoms with Crippen molar-refractivity contribution in [3.8, 4) is 0 Å². The van der Waals surface area contributed by atoms with Gasteiger partial charge in [0.05, 0.1) is 5.25 Å². The van der Waals surface area contributed by atoms with Crippen molar-refractivity contribution in [2.45, 2.75) is 70.3 Å². The van der Waals surface area contributed by atoms with Gasteiger partial charge in [0.15, 0.2) is 0 Å². The number of nitrogens with one attached hydrogen (secondary N) is 1. The fourth-order valence-corrected chi connectivity index (χ4v) is 4.16. The number of hydrogen-bond donors (Lipinski definition) is 1. The summed E-state index contributed by atoms with van der Waals surface area (Å²) in [5.74, 6) is 0.263. The molecule has 2 aliphatic carbocycles. The van der Waals surface area contributed by atoms with Gasteiger partial charge in [0.25, 0.3) is 0 Å². The van der Waals surface area contributed by atoms with Gasteiger partial charge in [0.1, 0.15) is 11.4 Å². The van der Waals surface area contributed by atoms with Crippen molar-refractivity contribution in [1.29, 1.82) is 0 Å². The van der Waals surface area contributed by atoms with Gasteiger partial charge in [-0.05, 0) is 46.0 Å². The highest BCUT2D eigenvalue weighted by molar-refractivity contribution is 8.15. The maximum atomic E-state index is 12.5. The summed E-state index contributed by atoms with van der Waals surface area (Å²) >= 11 is 1.10. The van der Waals surface area contributed by atoms with Gasteiger partial charge in [0.2, 0.25) is 5.12 Å². The van der Waals surface area contributed by atoms with Gasteiger partial charge in [0, 0.05) is 18.0 Å². The predicted molar refractivity (Wildman–Crippen MR) is 99.4 cm³/mol. The van der Waals surface area contributed by atoms with Crippen molar-refractivity contribution in [3.05, 3.63) is 23.8 Å². The first-order valence-corrected chi connectivity index (χ1v) is 9.63. The number of rotatable bonds is 3. The number of alkyl carbamates (subject to hydrolysis) is 1. The number of carbonyl (C=O) groups excluding carboxylic acids is 3. The van der Waals surface area contributed by atoms with Crippen molar-refractivity contribution >= 4 is 28.8 Å². The van der Waals surface area contributed by atoms with E-state index >= 15 is 0 Å². The lowest BCUT2D eigenvalue weighted by Crippen LogP contribution is -2.44. The van der Waals surface area contributed by atoms with Crippen LogP contribution in [0.1, 0.15) is 53.4 Å². The Morgan fingerprint density at radius 2 is 2.04 bits per heavy atom. The number of allylic oxidation sites excluding steroid dienone is 3. The molecule has 0 aliphatic heterocycles. The van der Waals surface area contributed by atoms with E-state index in [9.17, 15) is 14.4 Å². The van der Waals surface area contributed by atoms with E-state index < -0.39 is 16.9 Å². The Bertz CT molecular complexity index is 603. The molecule has 2 aliphatic rings. The zero-order valence-corrected chi connectivity index (χ0v) is 16.2. The molecule has 1 amide bonds. The number of ether oxygens (including phenoxy) is 1. The molecule has 0 aromatic rings. The molecule has 6 heteroatoms. The standard InChI is InChI=1S/C19H27NO4S/c1-12-7-5-6-8-14(12)17(22)25-16-11-13(9-10-15(16)21)20-18(23)24-19(2,3)4/h5-6,8,12-13,16H,7,9-11H2,1-4H3,(H,20,23)/t12?,13?,16-/m1/s1. The molecule has 0 saturated heterocycles. The number of hydrogen-bond acceptors (Lipinski definition) is 5. The van der Waals surface area contributed by atoms with Gasteiger partial charge in [-0.3, -0.25) is 9.59 Å². The third-order valence-corrected chi connectivity index (χ3v) is 5.42. The summed E-state index contributed by atoms with van der Waals surface area (Å²) in [6.45, 7) is 7.44. The van der Waals surface area contributed by atoms with Crippen molar-refractivity contribution in [2.24, 2.45) is 5.92 Å². The summed E-state index contributed by atoms with van der Waals surface area (Å²) in [6, 6.07) is -0.143. The zero-order valence-electron chi connectivity index (χ0n) is 15.3. The van der Waals surface area contributed by atoms with Crippen LogP contribution in [0.3, 0.4) is 0 Å². The Kier molecular flexibility index (Phi) is 6.49. The Morgan fingerprint density at radius 1 is 1.32 bits per heavy atom. The van der Waals surface area contributed by atoms with Gasteiger partial charge in [-0.25, -0.2) is 4.79 Å². The molecule has 0 radical (unpaired) electrons. The molecule has 25 heavy (non-hydrogen) atoms. The van der Waals surface area contributed by atoms with Gasteiger partial charge >= 0.3 is 6.09 Å². The van der Waals surface area contributed by atoms with Crippen molar-refractivity contribution in [3.63, 3.8) is 0 Å². The molecule has 2 unspecified atom stereocenters. The van der Waals surface area contributed by atoms with Crippen LogP contribution in [0.2, 0.25) is 0 Å². The average molecular weight is 365 g/mol. The van der Waals surface area contributed by atoms with Crippen molar-refractivity contribution in [1.82, 2.24) is 5.32 Å². The van der Waals surface area contributed by atoms with E-state index in [1.54, 1.807) is 0 Å². The molecule has 1 fully saturated rings.